The quantitative estimate of drug-likeness (QED) is 0.642. The Hall–Kier alpha value is -2.42. The number of carbonyl (C=O) groups excluding carboxylic acids is 1. The molecule has 0 aliphatic rings. The van der Waals surface area contributed by atoms with Crippen LogP contribution < -0.4 is 0 Å². The minimum atomic E-state index is -0.138. The number of rotatable bonds is 6. The third-order valence-electron chi connectivity index (χ3n) is 3.52. The van der Waals surface area contributed by atoms with Gasteiger partial charge in [0.1, 0.15) is 12.4 Å². The zero-order chi connectivity index (χ0) is 17.1. The highest BCUT2D eigenvalue weighted by Gasteiger charge is 2.16. The first-order valence-electron chi connectivity index (χ1n) is 7.54. The van der Waals surface area contributed by atoms with Gasteiger partial charge in [-0.2, -0.15) is 15.3 Å². The van der Waals surface area contributed by atoms with Crippen molar-refractivity contribution in [3.8, 4) is 0 Å². The standard InChI is InChI=1S/C15H18BrN7O/c1-3-21-6-4-13(18-21)10-20(2)15(24)14-5-7-22(19-14)11-23-9-12(16)8-17-23/h4-9H,3,10-11H2,1-2H3. The lowest BCUT2D eigenvalue weighted by Crippen LogP contribution is -2.27. The number of hydrogen-bond donors (Lipinski definition) is 0. The van der Waals surface area contributed by atoms with Gasteiger partial charge < -0.3 is 4.90 Å². The van der Waals surface area contributed by atoms with Crippen molar-refractivity contribution >= 4 is 21.8 Å². The number of hydrogen-bond acceptors (Lipinski definition) is 4. The molecule has 0 saturated heterocycles. The summed E-state index contributed by atoms with van der Waals surface area (Å²) in [6.45, 7) is 3.73. The molecular formula is C15H18BrN7O. The molecule has 1 amide bonds. The van der Waals surface area contributed by atoms with E-state index in [9.17, 15) is 4.79 Å². The Morgan fingerprint density at radius 2 is 2.00 bits per heavy atom. The molecule has 9 heteroatoms. The van der Waals surface area contributed by atoms with Crippen molar-refractivity contribution in [1.82, 2.24) is 34.2 Å². The molecule has 0 unspecified atom stereocenters. The summed E-state index contributed by atoms with van der Waals surface area (Å²) in [6.07, 6.45) is 7.23. The average molecular weight is 392 g/mol. The van der Waals surface area contributed by atoms with Gasteiger partial charge in [0.05, 0.1) is 22.9 Å². The molecule has 0 bridgehead atoms. The summed E-state index contributed by atoms with van der Waals surface area (Å²) in [6, 6.07) is 3.63. The molecule has 0 atom stereocenters. The van der Waals surface area contributed by atoms with Gasteiger partial charge in [-0.05, 0) is 35.0 Å². The van der Waals surface area contributed by atoms with Crippen molar-refractivity contribution in [2.45, 2.75) is 26.7 Å². The predicted molar refractivity (Wildman–Crippen MR) is 91.3 cm³/mol. The fourth-order valence-corrected chi connectivity index (χ4v) is 2.62. The van der Waals surface area contributed by atoms with Gasteiger partial charge in [-0.3, -0.25) is 14.2 Å². The predicted octanol–water partition coefficient (Wildman–Crippen LogP) is 1.84. The lowest BCUT2D eigenvalue weighted by Gasteiger charge is -2.14. The lowest BCUT2D eigenvalue weighted by molar-refractivity contribution is 0.0776. The Morgan fingerprint density at radius 3 is 2.67 bits per heavy atom. The summed E-state index contributed by atoms with van der Waals surface area (Å²) in [4.78, 5) is 14.1. The van der Waals surface area contributed by atoms with E-state index in [1.807, 2.05) is 30.1 Å². The first-order valence-corrected chi connectivity index (χ1v) is 8.33. The van der Waals surface area contributed by atoms with Crippen LogP contribution in [-0.4, -0.2) is 47.2 Å². The van der Waals surface area contributed by atoms with Crippen LogP contribution in [0.2, 0.25) is 0 Å². The van der Waals surface area contributed by atoms with Crippen molar-refractivity contribution < 1.29 is 4.79 Å². The third-order valence-corrected chi connectivity index (χ3v) is 3.93. The van der Waals surface area contributed by atoms with Crippen molar-refractivity contribution in [2.24, 2.45) is 0 Å². The van der Waals surface area contributed by atoms with Crippen LogP contribution in [-0.2, 0) is 19.8 Å². The zero-order valence-electron chi connectivity index (χ0n) is 13.5. The second kappa shape index (κ2) is 7.00. The number of carbonyl (C=O) groups is 1. The van der Waals surface area contributed by atoms with Crippen molar-refractivity contribution in [3.05, 3.63) is 52.8 Å². The molecule has 8 nitrogen and oxygen atoms in total. The largest absolute Gasteiger partial charge is 0.334 e. The summed E-state index contributed by atoms with van der Waals surface area (Å²) in [5.41, 5.74) is 1.26. The molecule has 0 radical (unpaired) electrons. The smallest absolute Gasteiger partial charge is 0.274 e. The Balaban J connectivity index is 1.64. The summed E-state index contributed by atoms with van der Waals surface area (Å²) >= 11 is 3.35. The van der Waals surface area contributed by atoms with Gasteiger partial charge >= 0.3 is 0 Å². The molecule has 0 fully saturated rings. The Kier molecular flexibility index (Phi) is 4.79. The lowest BCUT2D eigenvalue weighted by atomic mass is 10.3. The van der Waals surface area contributed by atoms with Crippen LogP contribution >= 0.6 is 15.9 Å². The van der Waals surface area contributed by atoms with Crippen molar-refractivity contribution in [3.63, 3.8) is 0 Å². The van der Waals surface area contributed by atoms with E-state index >= 15 is 0 Å². The van der Waals surface area contributed by atoms with Gasteiger partial charge in [0.2, 0.25) is 0 Å². The van der Waals surface area contributed by atoms with E-state index in [-0.39, 0.29) is 5.91 Å². The molecule has 3 heterocycles. The summed E-state index contributed by atoms with van der Waals surface area (Å²) in [5, 5.41) is 12.9. The van der Waals surface area contributed by atoms with E-state index in [0.717, 1.165) is 16.7 Å². The number of amides is 1. The maximum Gasteiger partial charge on any atom is 0.274 e. The van der Waals surface area contributed by atoms with Crippen LogP contribution in [0.3, 0.4) is 0 Å². The van der Waals surface area contributed by atoms with Crippen LogP contribution in [0, 0.1) is 0 Å². The Bertz CT molecular complexity index is 834. The van der Waals surface area contributed by atoms with Gasteiger partial charge in [0, 0.05) is 32.2 Å². The Morgan fingerprint density at radius 1 is 1.21 bits per heavy atom. The minimum absolute atomic E-state index is 0.138. The Labute approximate surface area is 147 Å². The van der Waals surface area contributed by atoms with E-state index in [2.05, 4.69) is 31.2 Å². The molecule has 3 aromatic heterocycles. The van der Waals surface area contributed by atoms with Gasteiger partial charge in [-0.25, -0.2) is 4.68 Å². The normalized spacial score (nSPS) is 11.0. The summed E-state index contributed by atoms with van der Waals surface area (Å²) in [5.74, 6) is -0.138. The number of halogens is 1. The van der Waals surface area contributed by atoms with Crippen LogP contribution in [0.5, 0.6) is 0 Å². The first-order chi connectivity index (χ1) is 11.5. The first kappa shape index (κ1) is 16.4. The zero-order valence-corrected chi connectivity index (χ0v) is 15.1. The van der Waals surface area contributed by atoms with E-state index in [1.54, 1.807) is 39.8 Å². The van der Waals surface area contributed by atoms with E-state index in [0.29, 0.717) is 18.9 Å². The molecule has 3 rings (SSSR count). The van der Waals surface area contributed by atoms with Gasteiger partial charge in [0.25, 0.3) is 5.91 Å². The number of nitrogens with zero attached hydrogens (tertiary/aromatic N) is 7. The highest BCUT2D eigenvalue weighted by molar-refractivity contribution is 9.10. The van der Waals surface area contributed by atoms with E-state index in [4.69, 9.17) is 0 Å². The SMILES string of the molecule is CCn1ccc(CN(C)C(=O)c2ccn(Cn3cc(Br)cn3)n2)n1. The molecule has 0 aromatic carbocycles. The molecule has 0 aliphatic carbocycles. The van der Waals surface area contributed by atoms with Gasteiger partial charge in [-0.1, -0.05) is 0 Å². The van der Waals surface area contributed by atoms with Crippen LogP contribution in [0.25, 0.3) is 0 Å². The fraction of sp³-hybridized carbons (Fsp3) is 0.333. The third kappa shape index (κ3) is 3.73. The highest BCUT2D eigenvalue weighted by Crippen LogP contribution is 2.08. The second-order valence-electron chi connectivity index (χ2n) is 5.40. The minimum Gasteiger partial charge on any atom is -0.334 e. The van der Waals surface area contributed by atoms with Crippen LogP contribution in [0.1, 0.15) is 23.1 Å². The fourth-order valence-electron chi connectivity index (χ4n) is 2.29. The molecular weight excluding hydrogens is 374 g/mol. The van der Waals surface area contributed by atoms with Crippen LogP contribution in [0.4, 0.5) is 0 Å². The second-order valence-corrected chi connectivity index (χ2v) is 6.32. The van der Waals surface area contributed by atoms with E-state index in [1.165, 1.54) is 0 Å². The number of aryl methyl sites for hydroxylation is 1. The summed E-state index contributed by atoms with van der Waals surface area (Å²) in [7, 11) is 1.75. The highest BCUT2D eigenvalue weighted by atomic mass is 79.9. The maximum atomic E-state index is 12.5. The van der Waals surface area contributed by atoms with Crippen molar-refractivity contribution in [2.75, 3.05) is 7.05 Å². The van der Waals surface area contributed by atoms with E-state index < -0.39 is 0 Å². The topological polar surface area (TPSA) is 73.8 Å². The molecule has 3 aromatic rings. The molecule has 0 aliphatic heterocycles. The monoisotopic (exact) mass is 391 g/mol. The van der Waals surface area contributed by atoms with Gasteiger partial charge in [-0.15, -0.1) is 0 Å². The average Bonchev–Trinajstić information content (AvgIpc) is 3.28. The molecule has 0 spiro atoms. The molecule has 24 heavy (non-hydrogen) atoms. The molecule has 0 N–H and O–H groups in total. The van der Waals surface area contributed by atoms with Gasteiger partial charge in [0.15, 0.2) is 0 Å². The number of aromatic nitrogens is 6. The maximum absolute atomic E-state index is 12.5. The molecule has 126 valence electrons. The molecule has 0 saturated carbocycles. The van der Waals surface area contributed by atoms with Crippen LogP contribution in [0.15, 0.2) is 41.4 Å². The van der Waals surface area contributed by atoms with Crippen molar-refractivity contribution in [1.29, 1.82) is 0 Å². The summed E-state index contributed by atoms with van der Waals surface area (Å²) < 4.78 is 6.14.